The predicted octanol–water partition coefficient (Wildman–Crippen LogP) is 3.76. The maximum absolute atomic E-state index is 3.69. The van der Waals surface area contributed by atoms with E-state index < -0.39 is 0 Å². The first-order valence-corrected chi connectivity index (χ1v) is 8.32. The summed E-state index contributed by atoms with van der Waals surface area (Å²) in [4.78, 5) is 0. The molecule has 1 unspecified atom stereocenters. The lowest BCUT2D eigenvalue weighted by Gasteiger charge is -2.15. The summed E-state index contributed by atoms with van der Waals surface area (Å²) in [5.74, 6) is 3.40. The van der Waals surface area contributed by atoms with Crippen LogP contribution in [-0.4, -0.2) is 18.3 Å². The summed E-state index contributed by atoms with van der Waals surface area (Å²) in [6, 6.07) is 3.02. The van der Waals surface area contributed by atoms with E-state index in [4.69, 9.17) is 0 Å². The molecule has 1 aromatic heterocycles. The molecule has 0 aliphatic heterocycles. The number of hydrogen-bond acceptors (Lipinski definition) is 3. The Labute approximate surface area is 107 Å². The van der Waals surface area contributed by atoms with Gasteiger partial charge < -0.3 is 5.32 Å². The van der Waals surface area contributed by atoms with Crippen molar-refractivity contribution in [3.05, 3.63) is 22.4 Å². The van der Waals surface area contributed by atoms with Gasteiger partial charge in [0.1, 0.15) is 0 Å². The molecule has 90 valence electrons. The molecule has 1 heterocycles. The van der Waals surface area contributed by atoms with Crippen LogP contribution in [0.3, 0.4) is 0 Å². The van der Waals surface area contributed by atoms with E-state index in [9.17, 15) is 0 Å². The Morgan fingerprint density at radius 1 is 1.56 bits per heavy atom. The zero-order valence-corrected chi connectivity index (χ0v) is 11.6. The Hall–Kier alpha value is 0.01000. The van der Waals surface area contributed by atoms with Crippen molar-refractivity contribution >= 4 is 23.1 Å². The van der Waals surface area contributed by atoms with Crippen molar-refractivity contribution in [2.24, 2.45) is 5.92 Å². The molecule has 1 aliphatic carbocycles. The van der Waals surface area contributed by atoms with Gasteiger partial charge in [-0.1, -0.05) is 6.92 Å². The number of hydrogen-bond donors (Lipinski definition) is 1. The van der Waals surface area contributed by atoms with Gasteiger partial charge in [-0.15, -0.1) is 0 Å². The number of rotatable bonds is 8. The van der Waals surface area contributed by atoms with Crippen molar-refractivity contribution in [1.82, 2.24) is 5.32 Å². The molecule has 0 spiro atoms. The first-order valence-electron chi connectivity index (χ1n) is 6.22. The van der Waals surface area contributed by atoms with E-state index in [2.05, 4.69) is 29.1 Å². The van der Waals surface area contributed by atoms with E-state index >= 15 is 0 Å². The predicted molar refractivity (Wildman–Crippen MR) is 75.3 cm³/mol. The quantitative estimate of drug-likeness (QED) is 0.710. The fraction of sp³-hybridized carbons (Fsp3) is 0.692. The van der Waals surface area contributed by atoms with Gasteiger partial charge in [-0.3, -0.25) is 0 Å². The van der Waals surface area contributed by atoms with Gasteiger partial charge in [0.15, 0.2) is 0 Å². The Balaban J connectivity index is 1.51. The van der Waals surface area contributed by atoms with E-state index in [0.29, 0.717) is 0 Å². The summed E-state index contributed by atoms with van der Waals surface area (Å²) in [5.41, 5.74) is 1.48. The molecule has 0 radical (unpaired) electrons. The van der Waals surface area contributed by atoms with Crippen molar-refractivity contribution in [2.45, 2.75) is 38.0 Å². The highest BCUT2D eigenvalue weighted by molar-refractivity contribution is 7.98. The molecule has 0 aromatic carbocycles. The van der Waals surface area contributed by atoms with Gasteiger partial charge in [-0.2, -0.15) is 23.1 Å². The van der Waals surface area contributed by atoms with Crippen LogP contribution in [-0.2, 0) is 5.75 Å². The molecule has 0 bridgehead atoms. The molecule has 3 heteroatoms. The molecule has 0 amide bonds. The molecule has 1 atom stereocenters. The lowest BCUT2D eigenvalue weighted by Crippen LogP contribution is -2.32. The van der Waals surface area contributed by atoms with Crippen LogP contribution < -0.4 is 5.32 Å². The molecule has 1 aromatic rings. The van der Waals surface area contributed by atoms with Crippen LogP contribution in [0.5, 0.6) is 0 Å². The zero-order valence-electron chi connectivity index (χ0n) is 9.95. The molecule has 1 N–H and O–H groups in total. The van der Waals surface area contributed by atoms with Crippen LogP contribution >= 0.6 is 23.1 Å². The van der Waals surface area contributed by atoms with Gasteiger partial charge in [-0.25, -0.2) is 0 Å². The number of thioether (sulfide) groups is 1. The van der Waals surface area contributed by atoms with Crippen LogP contribution in [0.15, 0.2) is 16.8 Å². The Morgan fingerprint density at radius 3 is 3.06 bits per heavy atom. The van der Waals surface area contributed by atoms with Crippen LogP contribution in [0.4, 0.5) is 0 Å². The normalized spacial score (nSPS) is 17.6. The van der Waals surface area contributed by atoms with E-state index in [-0.39, 0.29) is 0 Å². The van der Waals surface area contributed by atoms with Gasteiger partial charge in [0.25, 0.3) is 0 Å². The first-order chi connectivity index (χ1) is 7.90. The zero-order chi connectivity index (χ0) is 11.2. The molecule has 0 saturated heterocycles. The van der Waals surface area contributed by atoms with Crippen molar-refractivity contribution in [2.75, 3.05) is 12.3 Å². The molecule has 1 fully saturated rings. The van der Waals surface area contributed by atoms with Crippen LogP contribution in [0.2, 0.25) is 0 Å². The summed E-state index contributed by atoms with van der Waals surface area (Å²) in [5, 5.41) is 8.10. The van der Waals surface area contributed by atoms with Crippen LogP contribution in [0.1, 0.15) is 31.7 Å². The van der Waals surface area contributed by atoms with E-state index in [1.165, 1.54) is 42.9 Å². The van der Waals surface area contributed by atoms with Crippen LogP contribution in [0, 0.1) is 5.92 Å². The van der Waals surface area contributed by atoms with Gasteiger partial charge in [0.2, 0.25) is 0 Å². The van der Waals surface area contributed by atoms with E-state index in [1.54, 1.807) is 11.3 Å². The average Bonchev–Trinajstić information content (AvgIpc) is 3.01. The van der Waals surface area contributed by atoms with E-state index in [1.807, 2.05) is 11.8 Å². The monoisotopic (exact) mass is 255 g/mol. The largest absolute Gasteiger partial charge is 0.313 e. The second kappa shape index (κ2) is 6.67. The summed E-state index contributed by atoms with van der Waals surface area (Å²) in [6.45, 7) is 3.47. The summed E-state index contributed by atoms with van der Waals surface area (Å²) in [6.07, 6.45) is 4.20. The molecule has 1 saturated carbocycles. The molecular weight excluding hydrogens is 234 g/mol. The fourth-order valence-corrected chi connectivity index (χ4v) is 3.62. The van der Waals surface area contributed by atoms with Gasteiger partial charge in [-0.05, 0) is 47.6 Å². The standard InChI is InChI=1S/C13H21NS2/c1-2-13(12-3-4-12)14-6-8-16-10-11-5-7-15-9-11/h5,7,9,12-14H,2-4,6,8,10H2,1H3. The summed E-state index contributed by atoms with van der Waals surface area (Å²) in [7, 11) is 0. The summed E-state index contributed by atoms with van der Waals surface area (Å²) < 4.78 is 0. The highest BCUT2D eigenvalue weighted by Crippen LogP contribution is 2.33. The van der Waals surface area contributed by atoms with Gasteiger partial charge in [0, 0.05) is 24.1 Å². The minimum atomic E-state index is 0.793. The third-order valence-corrected chi connectivity index (χ3v) is 4.89. The van der Waals surface area contributed by atoms with Crippen molar-refractivity contribution < 1.29 is 0 Å². The molecule has 1 aliphatic rings. The third kappa shape index (κ3) is 4.11. The number of thiophene rings is 1. The van der Waals surface area contributed by atoms with Crippen molar-refractivity contribution in [3.63, 3.8) is 0 Å². The molecular formula is C13H21NS2. The van der Waals surface area contributed by atoms with Gasteiger partial charge >= 0.3 is 0 Å². The second-order valence-corrected chi connectivity index (χ2v) is 6.38. The lowest BCUT2D eigenvalue weighted by atomic mass is 10.1. The fourth-order valence-electron chi connectivity index (χ4n) is 2.02. The SMILES string of the molecule is CCC(NCCSCc1ccsc1)C1CC1. The molecule has 1 nitrogen and oxygen atoms in total. The number of nitrogens with one attached hydrogen (secondary N) is 1. The third-order valence-electron chi connectivity index (χ3n) is 3.13. The molecule has 2 rings (SSSR count). The van der Waals surface area contributed by atoms with Crippen molar-refractivity contribution in [3.8, 4) is 0 Å². The first kappa shape index (κ1) is 12.5. The van der Waals surface area contributed by atoms with Crippen molar-refractivity contribution in [1.29, 1.82) is 0 Å². The smallest absolute Gasteiger partial charge is 0.0193 e. The maximum atomic E-state index is 3.69. The second-order valence-electron chi connectivity index (χ2n) is 4.49. The Kier molecular flexibility index (Phi) is 5.20. The average molecular weight is 255 g/mol. The minimum absolute atomic E-state index is 0.793. The highest BCUT2D eigenvalue weighted by Gasteiger charge is 2.29. The van der Waals surface area contributed by atoms with E-state index in [0.717, 1.165) is 12.0 Å². The summed E-state index contributed by atoms with van der Waals surface area (Å²) >= 11 is 3.83. The molecule has 16 heavy (non-hydrogen) atoms. The van der Waals surface area contributed by atoms with Crippen LogP contribution in [0.25, 0.3) is 0 Å². The lowest BCUT2D eigenvalue weighted by molar-refractivity contribution is 0.464. The van der Waals surface area contributed by atoms with Gasteiger partial charge in [0.05, 0.1) is 0 Å². The highest BCUT2D eigenvalue weighted by atomic mass is 32.2. The Morgan fingerprint density at radius 2 is 2.44 bits per heavy atom. The Bertz CT molecular complexity index is 280. The maximum Gasteiger partial charge on any atom is 0.0193 e. The minimum Gasteiger partial charge on any atom is -0.313 e. The topological polar surface area (TPSA) is 12.0 Å².